The zero-order valence-corrected chi connectivity index (χ0v) is 12.9. The second-order valence-electron chi connectivity index (χ2n) is 4.93. The number of nitrogens with one attached hydrogen (secondary N) is 1. The van der Waals surface area contributed by atoms with Crippen LogP contribution in [0.4, 0.5) is 4.39 Å². The van der Waals surface area contributed by atoms with Gasteiger partial charge in [0.15, 0.2) is 0 Å². The number of nitrogens with zero attached hydrogens (tertiary/aromatic N) is 1. The highest BCUT2D eigenvalue weighted by atomic mass is 127. The molecule has 0 aliphatic carbocycles. The molecule has 98 valence electrons. The number of hydrogen-bond donors (Lipinski definition) is 1. The Hall–Kier alpha value is -1.69. The molecule has 0 saturated heterocycles. The van der Waals surface area contributed by atoms with Crippen LogP contribution in [0.15, 0.2) is 42.5 Å². The molecular weight excluding hydrogens is 366 g/mol. The second-order valence-corrected chi connectivity index (χ2v) is 6.01. The molecule has 0 aliphatic heterocycles. The van der Waals surface area contributed by atoms with E-state index < -0.39 is 0 Å². The van der Waals surface area contributed by atoms with Crippen molar-refractivity contribution in [3.05, 3.63) is 51.9 Å². The number of para-hydroxylation sites is 1. The minimum atomic E-state index is -0.207. The van der Waals surface area contributed by atoms with E-state index in [1.54, 1.807) is 12.1 Å². The van der Waals surface area contributed by atoms with Gasteiger partial charge in [-0.2, -0.15) is 4.57 Å². The number of aromatic amines is 1. The lowest BCUT2D eigenvalue weighted by molar-refractivity contribution is -0.616. The van der Waals surface area contributed by atoms with Crippen molar-refractivity contribution in [1.82, 2.24) is 4.98 Å². The van der Waals surface area contributed by atoms with E-state index in [4.69, 9.17) is 0 Å². The molecule has 0 aliphatic rings. The number of fused-ring (bicyclic) bond motifs is 4. The molecule has 4 aromatic rings. The SMILES string of the molecule is C[n+]1c2ccccc2c(I)c2[nH]c3ccc(F)cc3c21. The van der Waals surface area contributed by atoms with Crippen LogP contribution in [0.1, 0.15) is 0 Å². The van der Waals surface area contributed by atoms with Crippen LogP contribution in [0.3, 0.4) is 0 Å². The lowest BCUT2D eigenvalue weighted by Crippen LogP contribution is -2.30. The van der Waals surface area contributed by atoms with Gasteiger partial charge in [-0.1, -0.05) is 12.1 Å². The highest BCUT2D eigenvalue weighted by Gasteiger charge is 2.21. The smallest absolute Gasteiger partial charge is 0.239 e. The van der Waals surface area contributed by atoms with Gasteiger partial charge in [-0.05, 0) is 46.9 Å². The summed E-state index contributed by atoms with van der Waals surface area (Å²) in [4.78, 5) is 3.41. The van der Waals surface area contributed by atoms with E-state index in [1.807, 2.05) is 19.2 Å². The molecule has 0 spiro atoms. The van der Waals surface area contributed by atoms with Crippen molar-refractivity contribution in [3.63, 3.8) is 0 Å². The lowest BCUT2D eigenvalue weighted by Gasteiger charge is -2.01. The van der Waals surface area contributed by atoms with Crippen LogP contribution in [0.5, 0.6) is 0 Å². The average Bonchev–Trinajstić information content (AvgIpc) is 2.84. The van der Waals surface area contributed by atoms with Crippen LogP contribution in [-0.4, -0.2) is 4.98 Å². The maximum absolute atomic E-state index is 13.6. The topological polar surface area (TPSA) is 19.7 Å². The molecule has 0 fully saturated rings. The van der Waals surface area contributed by atoms with Gasteiger partial charge in [0.05, 0.1) is 19.9 Å². The van der Waals surface area contributed by atoms with Crippen molar-refractivity contribution in [2.45, 2.75) is 0 Å². The standard InChI is InChI=1S/C16H10FIN2/c1-20-13-5-3-2-4-10(13)14(18)15-16(20)11-8-9(17)6-7-12(11)19-15/h2-8H,1H3/p+1. The molecule has 1 N–H and O–H groups in total. The number of halogens is 2. The van der Waals surface area contributed by atoms with Crippen molar-refractivity contribution in [3.8, 4) is 0 Å². The first-order valence-corrected chi connectivity index (χ1v) is 7.42. The van der Waals surface area contributed by atoms with E-state index in [9.17, 15) is 4.39 Å². The van der Waals surface area contributed by atoms with Gasteiger partial charge >= 0.3 is 0 Å². The Labute approximate surface area is 128 Å². The molecular formula is C16H11FIN2+. The number of aromatic nitrogens is 2. The third-order valence-electron chi connectivity index (χ3n) is 3.79. The summed E-state index contributed by atoms with van der Waals surface area (Å²) in [7, 11) is 2.03. The first-order valence-electron chi connectivity index (χ1n) is 6.34. The molecule has 0 saturated carbocycles. The molecule has 0 radical (unpaired) electrons. The third kappa shape index (κ3) is 1.51. The zero-order valence-electron chi connectivity index (χ0n) is 10.7. The van der Waals surface area contributed by atoms with Gasteiger partial charge in [0.2, 0.25) is 11.0 Å². The molecule has 20 heavy (non-hydrogen) atoms. The van der Waals surface area contributed by atoms with Crippen molar-refractivity contribution in [1.29, 1.82) is 0 Å². The summed E-state index contributed by atoms with van der Waals surface area (Å²) in [6.45, 7) is 0. The summed E-state index contributed by atoms with van der Waals surface area (Å²) < 4.78 is 16.9. The molecule has 2 aromatic carbocycles. The third-order valence-corrected chi connectivity index (χ3v) is 4.91. The fourth-order valence-corrected chi connectivity index (χ4v) is 3.71. The quantitative estimate of drug-likeness (QED) is 0.353. The maximum atomic E-state index is 13.6. The largest absolute Gasteiger partial charge is 0.348 e. The lowest BCUT2D eigenvalue weighted by atomic mass is 10.1. The molecule has 4 heteroatoms. The normalized spacial score (nSPS) is 11.8. The number of aryl methyl sites for hydroxylation is 1. The molecule has 0 unspecified atom stereocenters. The maximum Gasteiger partial charge on any atom is 0.239 e. The summed E-state index contributed by atoms with van der Waals surface area (Å²) in [6.07, 6.45) is 0. The molecule has 2 nitrogen and oxygen atoms in total. The first kappa shape index (κ1) is 12.1. The van der Waals surface area contributed by atoms with Crippen LogP contribution < -0.4 is 4.57 Å². The van der Waals surface area contributed by atoms with E-state index in [-0.39, 0.29) is 5.82 Å². The Morgan fingerprint density at radius 1 is 1.10 bits per heavy atom. The summed E-state index contributed by atoms with van der Waals surface area (Å²) >= 11 is 2.36. The highest BCUT2D eigenvalue weighted by Crippen LogP contribution is 2.30. The summed E-state index contributed by atoms with van der Waals surface area (Å²) in [5, 5.41) is 2.13. The predicted molar refractivity (Wildman–Crippen MR) is 87.2 cm³/mol. The van der Waals surface area contributed by atoms with Gasteiger partial charge in [0.1, 0.15) is 18.4 Å². The summed E-state index contributed by atoms with van der Waals surface area (Å²) in [5.41, 5.74) is 4.22. The van der Waals surface area contributed by atoms with Gasteiger partial charge in [0, 0.05) is 6.07 Å². The Balaban J connectivity index is 2.36. The monoisotopic (exact) mass is 377 g/mol. The van der Waals surface area contributed by atoms with Gasteiger partial charge in [-0.25, -0.2) is 4.39 Å². The minimum absolute atomic E-state index is 0.207. The Morgan fingerprint density at radius 3 is 2.75 bits per heavy atom. The number of benzene rings is 2. The zero-order chi connectivity index (χ0) is 13.9. The van der Waals surface area contributed by atoms with Gasteiger partial charge in [-0.3, -0.25) is 0 Å². The fraction of sp³-hybridized carbons (Fsp3) is 0.0625. The molecule has 4 rings (SSSR count). The number of pyridine rings is 1. The Morgan fingerprint density at radius 2 is 1.90 bits per heavy atom. The highest BCUT2D eigenvalue weighted by molar-refractivity contribution is 14.1. The van der Waals surface area contributed by atoms with E-state index in [0.717, 1.165) is 27.5 Å². The van der Waals surface area contributed by atoms with Crippen LogP contribution in [0.25, 0.3) is 32.8 Å². The summed E-state index contributed by atoms with van der Waals surface area (Å²) in [5.74, 6) is -0.207. The predicted octanol–water partition coefficient (Wildman–Crippen LogP) is 4.04. The average molecular weight is 377 g/mol. The Kier molecular flexibility index (Phi) is 2.51. The van der Waals surface area contributed by atoms with Crippen molar-refractivity contribution in [2.75, 3.05) is 0 Å². The second kappa shape index (κ2) is 4.15. The number of hydrogen-bond acceptors (Lipinski definition) is 0. The van der Waals surface area contributed by atoms with E-state index in [1.165, 1.54) is 15.0 Å². The molecule has 2 heterocycles. The van der Waals surface area contributed by atoms with Crippen molar-refractivity contribution < 1.29 is 8.96 Å². The molecule has 0 bridgehead atoms. The first-order chi connectivity index (χ1) is 9.66. The fourth-order valence-electron chi connectivity index (χ4n) is 2.86. The van der Waals surface area contributed by atoms with Crippen LogP contribution in [-0.2, 0) is 7.05 Å². The van der Waals surface area contributed by atoms with Crippen LogP contribution >= 0.6 is 22.6 Å². The minimum Gasteiger partial charge on any atom is -0.348 e. The van der Waals surface area contributed by atoms with E-state index in [0.29, 0.717) is 0 Å². The molecule has 0 amide bonds. The van der Waals surface area contributed by atoms with Crippen LogP contribution in [0.2, 0.25) is 0 Å². The van der Waals surface area contributed by atoms with Crippen molar-refractivity contribution in [2.24, 2.45) is 7.05 Å². The molecule has 2 aromatic heterocycles. The summed E-state index contributed by atoms with van der Waals surface area (Å²) in [6, 6.07) is 13.2. The molecule has 0 atom stereocenters. The van der Waals surface area contributed by atoms with E-state index >= 15 is 0 Å². The van der Waals surface area contributed by atoms with Gasteiger partial charge < -0.3 is 4.98 Å². The van der Waals surface area contributed by atoms with Crippen LogP contribution in [0, 0.1) is 9.39 Å². The van der Waals surface area contributed by atoms with Gasteiger partial charge in [0.25, 0.3) is 0 Å². The number of rotatable bonds is 0. The van der Waals surface area contributed by atoms with E-state index in [2.05, 4.69) is 44.3 Å². The van der Waals surface area contributed by atoms with Crippen molar-refractivity contribution >= 4 is 55.4 Å². The number of H-pyrrole nitrogens is 1. The Bertz CT molecular complexity index is 988. The van der Waals surface area contributed by atoms with Gasteiger partial charge in [-0.15, -0.1) is 0 Å².